The summed E-state index contributed by atoms with van der Waals surface area (Å²) in [6.45, 7) is 4.91. The molecule has 0 radical (unpaired) electrons. The van der Waals surface area contributed by atoms with Crippen LogP contribution >= 0.6 is 0 Å². The highest BCUT2D eigenvalue weighted by Gasteiger charge is 2.27. The van der Waals surface area contributed by atoms with Crippen LogP contribution in [0.4, 0.5) is 13.2 Å². The van der Waals surface area contributed by atoms with Gasteiger partial charge in [-0.3, -0.25) is 9.48 Å². The van der Waals surface area contributed by atoms with Crippen LogP contribution in [0.1, 0.15) is 28.1 Å². The smallest absolute Gasteiger partial charge is 0.343 e. The summed E-state index contributed by atoms with van der Waals surface area (Å²) in [5.41, 5.74) is 4.55. The van der Waals surface area contributed by atoms with Crippen molar-refractivity contribution in [2.75, 3.05) is 6.54 Å². The van der Waals surface area contributed by atoms with Crippen LogP contribution in [-0.4, -0.2) is 28.4 Å². The topological polar surface area (TPSA) is 46.9 Å². The molecule has 0 aliphatic carbocycles. The Morgan fingerprint density at radius 1 is 1.20 bits per heavy atom. The molecule has 7 heteroatoms. The Balaban J connectivity index is 2.09. The molecule has 4 nitrogen and oxygen atoms in total. The predicted molar refractivity (Wildman–Crippen MR) is 90.1 cm³/mol. The van der Waals surface area contributed by atoms with Crippen LogP contribution in [0.2, 0.25) is 0 Å². The minimum Gasteiger partial charge on any atom is -0.343 e. The van der Waals surface area contributed by atoms with Crippen LogP contribution in [-0.2, 0) is 11.3 Å². The second kappa shape index (κ2) is 7.55. The number of benzene rings is 1. The summed E-state index contributed by atoms with van der Waals surface area (Å²) in [5, 5.41) is 6.25. The van der Waals surface area contributed by atoms with Crippen LogP contribution in [0.3, 0.4) is 0 Å². The Bertz CT molecular complexity index is 774. The lowest BCUT2D eigenvalue weighted by atomic mass is 10.1. The molecule has 0 bridgehead atoms. The molecule has 25 heavy (non-hydrogen) atoms. The van der Waals surface area contributed by atoms with Gasteiger partial charge in [-0.25, -0.2) is 0 Å². The first-order valence-corrected chi connectivity index (χ1v) is 7.78. The molecule has 0 saturated heterocycles. The van der Waals surface area contributed by atoms with Gasteiger partial charge in [0.15, 0.2) is 0 Å². The van der Waals surface area contributed by atoms with Crippen molar-refractivity contribution in [3.8, 4) is 0 Å². The maximum Gasteiger partial charge on any atom is 0.405 e. The standard InChI is InChI=1S/C18H20F3N3O/c1-12-4-6-15(7-5-12)10-24-14(3)16(13(2)23-24)8-9-17(25)22-11-18(19,20)21/h4-9H,10-11H2,1-3H3,(H,22,25)/b9-8+. The number of nitrogens with zero attached hydrogens (tertiary/aromatic N) is 2. The van der Waals surface area contributed by atoms with Crippen molar-refractivity contribution in [2.45, 2.75) is 33.5 Å². The van der Waals surface area contributed by atoms with Crippen molar-refractivity contribution in [2.24, 2.45) is 0 Å². The molecule has 0 fully saturated rings. The van der Waals surface area contributed by atoms with Crippen LogP contribution in [0.25, 0.3) is 6.08 Å². The van der Waals surface area contributed by atoms with Gasteiger partial charge in [0.25, 0.3) is 0 Å². The van der Waals surface area contributed by atoms with E-state index in [1.807, 2.05) is 42.8 Å². The number of rotatable bonds is 5. The number of halogens is 3. The van der Waals surface area contributed by atoms with Crippen LogP contribution in [0.15, 0.2) is 30.3 Å². The van der Waals surface area contributed by atoms with E-state index in [0.717, 1.165) is 22.9 Å². The molecular formula is C18H20F3N3O. The average molecular weight is 351 g/mol. The zero-order valence-corrected chi connectivity index (χ0v) is 14.3. The van der Waals surface area contributed by atoms with Crippen molar-refractivity contribution in [1.82, 2.24) is 15.1 Å². The Hall–Kier alpha value is -2.57. The highest BCUT2D eigenvalue weighted by Crippen LogP contribution is 2.17. The normalized spacial score (nSPS) is 11.9. The summed E-state index contributed by atoms with van der Waals surface area (Å²) in [5.74, 6) is -0.789. The molecule has 0 saturated carbocycles. The number of alkyl halides is 3. The number of carbonyl (C=O) groups excluding carboxylic acids is 1. The summed E-state index contributed by atoms with van der Waals surface area (Å²) in [6.07, 6.45) is -1.83. The fourth-order valence-corrected chi connectivity index (χ4v) is 2.38. The van der Waals surface area contributed by atoms with Gasteiger partial charge in [0.05, 0.1) is 12.2 Å². The average Bonchev–Trinajstić information content (AvgIpc) is 2.79. The van der Waals surface area contributed by atoms with Gasteiger partial charge < -0.3 is 5.32 Å². The highest BCUT2D eigenvalue weighted by atomic mass is 19.4. The number of nitrogens with one attached hydrogen (secondary N) is 1. The van der Waals surface area contributed by atoms with Crippen LogP contribution in [0, 0.1) is 20.8 Å². The summed E-state index contributed by atoms with van der Waals surface area (Å²) in [4.78, 5) is 11.5. The molecule has 1 heterocycles. The monoisotopic (exact) mass is 351 g/mol. The van der Waals surface area contributed by atoms with E-state index in [-0.39, 0.29) is 0 Å². The van der Waals surface area contributed by atoms with E-state index < -0.39 is 18.6 Å². The van der Waals surface area contributed by atoms with E-state index in [2.05, 4.69) is 5.10 Å². The van der Waals surface area contributed by atoms with Gasteiger partial charge in [-0.15, -0.1) is 0 Å². The quantitative estimate of drug-likeness (QED) is 0.838. The van der Waals surface area contributed by atoms with E-state index in [9.17, 15) is 18.0 Å². The number of hydrogen-bond donors (Lipinski definition) is 1. The van der Waals surface area contributed by atoms with Crippen molar-refractivity contribution in [3.63, 3.8) is 0 Å². The molecule has 0 unspecified atom stereocenters. The molecule has 0 spiro atoms. The van der Waals surface area contributed by atoms with Crippen molar-refractivity contribution in [1.29, 1.82) is 0 Å². The molecule has 1 aromatic heterocycles. The zero-order valence-electron chi connectivity index (χ0n) is 14.3. The van der Waals surface area contributed by atoms with Crippen LogP contribution < -0.4 is 5.32 Å². The highest BCUT2D eigenvalue weighted by molar-refractivity contribution is 5.92. The Morgan fingerprint density at radius 2 is 1.84 bits per heavy atom. The second-order valence-electron chi connectivity index (χ2n) is 5.89. The summed E-state index contributed by atoms with van der Waals surface area (Å²) in [7, 11) is 0. The van der Waals surface area contributed by atoms with E-state index >= 15 is 0 Å². The molecule has 1 aromatic carbocycles. The van der Waals surface area contributed by atoms with E-state index in [1.54, 1.807) is 12.2 Å². The maximum absolute atomic E-state index is 12.1. The van der Waals surface area contributed by atoms with Gasteiger partial charge in [0.1, 0.15) is 6.54 Å². The second-order valence-corrected chi connectivity index (χ2v) is 5.89. The third kappa shape index (κ3) is 5.48. The molecule has 2 rings (SSSR count). The number of carbonyl (C=O) groups is 1. The first kappa shape index (κ1) is 18.8. The molecule has 2 aromatic rings. The predicted octanol–water partition coefficient (Wildman–Crippen LogP) is 3.55. The Kier molecular flexibility index (Phi) is 5.66. The Morgan fingerprint density at radius 3 is 2.44 bits per heavy atom. The maximum atomic E-state index is 12.1. The third-order valence-corrected chi connectivity index (χ3v) is 3.75. The fraction of sp³-hybridized carbons (Fsp3) is 0.333. The van der Waals surface area contributed by atoms with Gasteiger partial charge in [0, 0.05) is 17.3 Å². The zero-order chi connectivity index (χ0) is 18.6. The molecule has 1 amide bonds. The molecule has 0 atom stereocenters. The largest absolute Gasteiger partial charge is 0.405 e. The minimum atomic E-state index is -4.42. The molecule has 134 valence electrons. The van der Waals surface area contributed by atoms with Gasteiger partial charge in [-0.05, 0) is 32.4 Å². The van der Waals surface area contributed by atoms with Crippen molar-refractivity contribution >= 4 is 12.0 Å². The lowest BCUT2D eigenvalue weighted by molar-refractivity contribution is -0.135. The lowest BCUT2D eigenvalue weighted by Crippen LogP contribution is -2.32. The Labute approximate surface area is 144 Å². The van der Waals surface area contributed by atoms with E-state index in [1.165, 1.54) is 11.6 Å². The van der Waals surface area contributed by atoms with Gasteiger partial charge >= 0.3 is 6.18 Å². The number of amides is 1. The first-order valence-electron chi connectivity index (χ1n) is 7.78. The number of aromatic nitrogens is 2. The third-order valence-electron chi connectivity index (χ3n) is 3.75. The number of hydrogen-bond acceptors (Lipinski definition) is 2. The first-order chi connectivity index (χ1) is 11.7. The van der Waals surface area contributed by atoms with Gasteiger partial charge in [-0.2, -0.15) is 18.3 Å². The number of aryl methyl sites for hydroxylation is 2. The van der Waals surface area contributed by atoms with Crippen LogP contribution in [0.5, 0.6) is 0 Å². The van der Waals surface area contributed by atoms with Gasteiger partial charge in [0.2, 0.25) is 5.91 Å². The SMILES string of the molecule is Cc1ccc(Cn2nc(C)c(/C=C/C(=O)NCC(F)(F)F)c2C)cc1. The summed E-state index contributed by atoms with van der Waals surface area (Å²) < 4.78 is 38.1. The summed E-state index contributed by atoms with van der Waals surface area (Å²) in [6, 6.07) is 8.08. The van der Waals surface area contributed by atoms with Gasteiger partial charge in [-0.1, -0.05) is 29.8 Å². The molecule has 0 aliphatic heterocycles. The fourth-order valence-electron chi connectivity index (χ4n) is 2.38. The van der Waals surface area contributed by atoms with Crippen molar-refractivity contribution < 1.29 is 18.0 Å². The molecule has 0 aliphatic rings. The van der Waals surface area contributed by atoms with E-state index in [4.69, 9.17) is 0 Å². The van der Waals surface area contributed by atoms with E-state index in [0.29, 0.717) is 12.2 Å². The molecular weight excluding hydrogens is 331 g/mol. The van der Waals surface area contributed by atoms with Crippen molar-refractivity contribution in [3.05, 3.63) is 58.4 Å². The minimum absolute atomic E-state index is 0.584. The molecule has 1 N–H and O–H groups in total. The summed E-state index contributed by atoms with van der Waals surface area (Å²) >= 11 is 0. The lowest BCUT2D eigenvalue weighted by Gasteiger charge is -2.06.